The van der Waals surface area contributed by atoms with Crippen molar-refractivity contribution in [3.63, 3.8) is 0 Å². The van der Waals surface area contributed by atoms with Crippen LogP contribution in [0.1, 0.15) is 0 Å². The third-order valence-electron chi connectivity index (χ3n) is 3.39. The third-order valence-corrected chi connectivity index (χ3v) is 4.71. The second kappa shape index (κ2) is 5.39. The van der Waals surface area contributed by atoms with Gasteiger partial charge in [-0.1, -0.05) is 35.3 Å². The fourth-order valence-electron chi connectivity index (χ4n) is 2.33. The van der Waals surface area contributed by atoms with Gasteiger partial charge in [0, 0.05) is 21.0 Å². The van der Waals surface area contributed by atoms with Crippen LogP contribution in [0.3, 0.4) is 0 Å². The lowest BCUT2D eigenvalue weighted by molar-refractivity contribution is 1.11. The largest absolute Gasteiger partial charge is 0.265 e. The molecule has 2 aromatic heterocycles. The maximum Gasteiger partial charge on any atom is 0.216 e. The maximum atomic E-state index is 5.97. The lowest BCUT2D eigenvalue weighted by Crippen LogP contribution is -1.90. The topological polar surface area (TPSA) is 30.2 Å². The van der Waals surface area contributed by atoms with Gasteiger partial charge in [0.05, 0.1) is 5.69 Å². The summed E-state index contributed by atoms with van der Waals surface area (Å²) in [6, 6.07) is 15.4. The summed E-state index contributed by atoms with van der Waals surface area (Å²) < 4.78 is 2.05. The second-order valence-electron chi connectivity index (χ2n) is 4.78. The summed E-state index contributed by atoms with van der Waals surface area (Å²) in [6.07, 6.45) is 0. The van der Waals surface area contributed by atoms with Crippen LogP contribution in [0.25, 0.3) is 27.6 Å². The van der Waals surface area contributed by atoms with E-state index < -0.39 is 0 Å². The van der Waals surface area contributed by atoms with E-state index in [1.165, 1.54) is 0 Å². The van der Waals surface area contributed by atoms with E-state index in [1.54, 1.807) is 11.3 Å². The average molecular weight is 346 g/mol. The second-order valence-corrected chi connectivity index (χ2v) is 6.49. The van der Waals surface area contributed by atoms with E-state index in [4.69, 9.17) is 23.2 Å². The smallest absolute Gasteiger partial charge is 0.216 e. The van der Waals surface area contributed by atoms with Crippen LogP contribution < -0.4 is 0 Å². The van der Waals surface area contributed by atoms with Gasteiger partial charge in [0.2, 0.25) is 4.96 Å². The number of nitrogens with zero attached hydrogens (tertiary/aromatic N) is 3. The van der Waals surface area contributed by atoms with Crippen molar-refractivity contribution in [1.82, 2.24) is 14.6 Å². The number of rotatable bonds is 2. The molecule has 0 amide bonds. The molecule has 22 heavy (non-hydrogen) atoms. The van der Waals surface area contributed by atoms with Crippen LogP contribution >= 0.6 is 34.5 Å². The molecule has 0 bridgehead atoms. The van der Waals surface area contributed by atoms with Crippen LogP contribution in [-0.2, 0) is 0 Å². The minimum atomic E-state index is 0.702. The Bertz CT molecular complexity index is 865. The van der Waals surface area contributed by atoms with Gasteiger partial charge in [-0.3, -0.25) is 4.40 Å². The SMILES string of the molecule is Clc1ccc(-c2csc3nnc(-c4ccc(Cl)cc4)n23)cc1. The van der Waals surface area contributed by atoms with Gasteiger partial charge in [-0.05, 0) is 42.0 Å². The molecule has 2 aromatic carbocycles. The van der Waals surface area contributed by atoms with E-state index in [9.17, 15) is 0 Å². The summed E-state index contributed by atoms with van der Waals surface area (Å²) >= 11 is 13.5. The van der Waals surface area contributed by atoms with Crippen molar-refractivity contribution in [2.75, 3.05) is 0 Å². The van der Waals surface area contributed by atoms with Gasteiger partial charge in [0.25, 0.3) is 0 Å². The molecular weight excluding hydrogens is 337 g/mol. The summed E-state index contributed by atoms with van der Waals surface area (Å²) in [5.74, 6) is 0.804. The molecular formula is C16H9Cl2N3S. The monoisotopic (exact) mass is 345 g/mol. The highest BCUT2D eigenvalue weighted by atomic mass is 35.5. The molecule has 2 heterocycles. The molecule has 0 aliphatic carbocycles. The summed E-state index contributed by atoms with van der Waals surface area (Å²) in [6.45, 7) is 0. The summed E-state index contributed by atoms with van der Waals surface area (Å²) in [5, 5.41) is 12.1. The average Bonchev–Trinajstić information content (AvgIpc) is 3.11. The lowest BCUT2D eigenvalue weighted by Gasteiger charge is -2.04. The lowest BCUT2D eigenvalue weighted by atomic mass is 10.1. The molecule has 3 nitrogen and oxygen atoms in total. The van der Waals surface area contributed by atoms with Gasteiger partial charge in [-0.25, -0.2) is 0 Å². The summed E-state index contributed by atoms with van der Waals surface area (Å²) in [7, 11) is 0. The van der Waals surface area contributed by atoms with Crippen LogP contribution in [-0.4, -0.2) is 14.6 Å². The summed E-state index contributed by atoms with van der Waals surface area (Å²) in [4.78, 5) is 0.856. The minimum Gasteiger partial charge on any atom is -0.265 e. The van der Waals surface area contributed by atoms with E-state index in [-0.39, 0.29) is 0 Å². The number of hydrogen-bond acceptors (Lipinski definition) is 3. The quantitative estimate of drug-likeness (QED) is 0.484. The first-order valence-electron chi connectivity index (χ1n) is 6.57. The van der Waals surface area contributed by atoms with Crippen LogP contribution in [0, 0.1) is 0 Å². The van der Waals surface area contributed by atoms with E-state index in [0.717, 1.165) is 32.6 Å². The normalized spacial score (nSPS) is 11.2. The molecule has 0 fully saturated rings. The van der Waals surface area contributed by atoms with Crippen LogP contribution in [0.5, 0.6) is 0 Å². The highest BCUT2D eigenvalue weighted by molar-refractivity contribution is 7.15. The van der Waals surface area contributed by atoms with E-state index in [0.29, 0.717) is 5.02 Å². The Morgan fingerprint density at radius 1 is 0.773 bits per heavy atom. The number of halogens is 2. The molecule has 0 radical (unpaired) electrons. The first kappa shape index (κ1) is 13.8. The molecule has 0 saturated carbocycles. The first-order valence-corrected chi connectivity index (χ1v) is 8.20. The number of thiazole rings is 1. The Hall–Kier alpha value is -1.88. The zero-order valence-electron chi connectivity index (χ0n) is 11.2. The molecule has 6 heteroatoms. The third kappa shape index (κ3) is 2.29. The fourth-order valence-corrected chi connectivity index (χ4v) is 3.42. The van der Waals surface area contributed by atoms with Crippen molar-refractivity contribution in [2.24, 2.45) is 0 Å². The molecule has 4 aromatic rings. The molecule has 0 saturated heterocycles. The molecule has 0 unspecified atom stereocenters. The van der Waals surface area contributed by atoms with Crippen molar-refractivity contribution < 1.29 is 0 Å². The van der Waals surface area contributed by atoms with Gasteiger partial charge in [0.15, 0.2) is 5.82 Å². The first-order chi connectivity index (χ1) is 10.7. The van der Waals surface area contributed by atoms with Crippen molar-refractivity contribution in [2.45, 2.75) is 0 Å². The summed E-state index contributed by atoms with van der Waals surface area (Å²) in [5.41, 5.74) is 3.10. The number of fused-ring (bicyclic) bond motifs is 1. The molecule has 0 N–H and O–H groups in total. The van der Waals surface area contributed by atoms with Gasteiger partial charge in [-0.2, -0.15) is 0 Å². The molecule has 0 aliphatic rings. The Labute approximate surface area is 140 Å². The van der Waals surface area contributed by atoms with Crippen molar-refractivity contribution in [1.29, 1.82) is 0 Å². The van der Waals surface area contributed by atoms with E-state index in [1.807, 2.05) is 48.5 Å². The van der Waals surface area contributed by atoms with Crippen LogP contribution in [0.2, 0.25) is 10.0 Å². The molecule has 4 rings (SSSR count). The van der Waals surface area contributed by atoms with Crippen LogP contribution in [0.15, 0.2) is 53.9 Å². The molecule has 0 aliphatic heterocycles. The zero-order chi connectivity index (χ0) is 15.1. The van der Waals surface area contributed by atoms with E-state index >= 15 is 0 Å². The van der Waals surface area contributed by atoms with Crippen molar-refractivity contribution in [3.05, 3.63) is 64.0 Å². The van der Waals surface area contributed by atoms with Crippen molar-refractivity contribution in [3.8, 4) is 22.6 Å². The van der Waals surface area contributed by atoms with Gasteiger partial charge in [0.1, 0.15) is 0 Å². The number of aromatic nitrogens is 3. The Kier molecular flexibility index (Phi) is 3.37. The van der Waals surface area contributed by atoms with Gasteiger partial charge < -0.3 is 0 Å². The highest BCUT2D eigenvalue weighted by Gasteiger charge is 2.14. The highest BCUT2D eigenvalue weighted by Crippen LogP contribution is 2.31. The molecule has 0 spiro atoms. The number of benzene rings is 2. The molecule has 108 valence electrons. The maximum absolute atomic E-state index is 5.97. The van der Waals surface area contributed by atoms with Crippen LogP contribution in [0.4, 0.5) is 0 Å². The standard InChI is InChI=1S/C16H9Cl2N3S/c17-12-5-1-10(2-6-12)14-9-22-16-20-19-15(21(14)16)11-3-7-13(18)8-4-11/h1-9H. The Morgan fingerprint density at radius 2 is 1.36 bits per heavy atom. The van der Waals surface area contributed by atoms with Crippen molar-refractivity contribution >= 4 is 39.5 Å². The Balaban J connectivity index is 1.92. The minimum absolute atomic E-state index is 0.702. The van der Waals surface area contributed by atoms with E-state index in [2.05, 4.69) is 20.0 Å². The van der Waals surface area contributed by atoms with Gasteiger partial charge in [-0.15, -0.1) is 21.5 Å². The van der Waals surface area contributed by atoms with Gasteiger partial charge >= 0.3 is 0 Å². The number of hydrogen-bond donors (Lipinski definition) is 0. The fraction of sp³-hybridized carbons (Fsp3) is 0. The molecule has 0 atom stereocenters. The predicted octanol–water partition coefficient (Wildman–Crippen LogP) is 5.43. The zero-order valence-corrected chi connectivity index (χ0v) is 13.5. The predicted molar refractivity (Wildman–Crippen MR) is 91.8 cm³/mol. The Morgan fingerprint density at radius 3 is 2.00 bits per heavy atom.